The highest BCUT2D eigenvalue weighted by Gasteiger charge is 2.38. The van der Waals surface area contributed by atoms with Gasteiger partial charge in [0.1, 0.15) is 17.2 Å². The zero-order chi connectivity index (χ0) is 24.6. The molecule has 0 aliphatic carbocycles. The van der Waals surface area contributed by atoms with Gasteiger partial charge in [-0.3, -0.25) is 0 Å². The Morgan fingerprint density at radius 2 is 1.54 bits per heavy atom. The van der Waals surface area contributed by atoms with Gasteiger partial charge in [0.05, 0.1) is 14.2 Å². The van der Waals surface area contributed by atoms with Crippen LogP contribution in [0.2, 0.25) is 0 Å². The van der Waals surface area contributed by atoms with E-state index in [0.29, 0.717) is 5.92 Å². The number of methoxy groups -OCH3 is 2. The molecule has 0 aromatic heterocycles. The second-order valence-electron chi connectivity index (χ2n) is 9.15. The smallest absolute Gasteiger partial charge is 0.178 e. The first-order valence-corrected chi connectivity index (χ1v) is 12.0. The number of anilines is 1. The third-order valence-corrected chi connectivity index (χ3v) is 6.85. The van der Waals surface area contributed by atoms with Gasteiger partial charge in [-0.1, -0.05) is 62.4 Å². The summed E-state index contributed by atoms with van der Waals surface area (Å²) < 4.78 is 18.6. The Labute approximate surface area is 207 Å². The summed E-state index contributed by atoms with van der Waals surface area (Å²) in [6, 6.07) is 25.0. The minimum Gasteiger partial charge on any atom is -0.497 e. The Hall–Kier alpha value is -3.92. The van der Waals surface area contributed by atoms with Crippen LogP contribution in [-0.2, 0) is 5.60 Å². The molecule has 1 atom stereocenters. The second kappa shape index (κ2) is 9.03. The van der Waals surface area contributed by atoms with E-state index in [9.17, 15) is 0 Å². The standard InChI is InChI=1S/C31H31NO3/c1-20(2)26-19-27-28(17-24(33-4)18-29(27)34-5)30-25(26)15-16-31(35-30,21-9-7-6-8-10-21)22-11-13-23(32-3)14-12-22/h6-20,32H,1-5H3. The van der Waals surface area contributed by atoms with Crippen molar-refractivity contribution >= 4 is 22.5 Å². The molecule has 0 saturated carbocycles. The van der Waals surface area contributed by atoms with Crippen LogP contribution < -0.4 is 19.5 Å². The van der Waals surface area contributed by atoms with Crippen molar-refractivity contribution in [3.63, 3.8) is 0 Å². The Morgan fingerprint density at radius 3 is 2.17 bits per heavy atom. The maximum atomic E-state index is 7.15. The summed E-state index contributed by atoms with van der Waals surface area (Å²) in [4.78, 5) is 0. The number of nitrogens with one attached hydrogen (secondary N) is 1. The normalized spacial score (nSPS) is 16.6. The van der Waals surface area contributed by atoms with Crippen LogP contribution in [0.25, 0.3) is 16.8 Å². The molecule has 1 aliphatic rings. The molecular weight excluding hydrogens is 434 g/mol. The van der Waals surface area contributed by atoms with E-state index in [4.69, 9.17) is 14.2 Å². The van der Waals surface area contributed by atoms with E-state index in [-0.39, 0.29) is 0 Å². The fourth-order valence-electron chi connectivity index (χ4n) is 4.94. The maximum Gasteiger partial charge on any atom is 0.178 e. The molecule has 4 heteroatoms. The van der Waals surface area contributed by atoms with Crippen molar-refractivity contribution < 1.29 is 14.2 Å². The molecule has 1 N–H and O–H groups in total. The Morgan fingerprint density at radius 1 is 0.829 bits per heavy atom. The summed E-state index contributed by atoms with van der Waals surface area (Å²) in [5, 5.41) is 5.19. The van der Waals surface area contributed by atoms with Crippen LogP contribution in [0.3, 0.4) is 0 Å². The number of hydrogen-bond acceptors (Lipinski definition) is 4. The van der Waals surface area contributed by atoms with Gasteiger partial charge in [0.25, 0.3) is 0 Å². The van der Waals surface area contributed by atoms with Crippen molar-refractivity contribution in [3.8, 4) is 17.2 Å². The molecule has 178 valence electrons. The molecule has 0 spiro atoms. The van der Waals surface area contributed by atoms with Gasteiger partial charge in [0.2, 0.25) is 0 Å². The number of hydrogen-bond donors (Lipinski definition) is 1. The van der Waals surface area contributed by atoms with Crippen LogP contribution >= 0.6 is 0 Å². The highest BCUT2D eigenvalue weighted by atomic mass is 16.5. The molecule has 1 heterocycles. The molecule has 0 saturated heterocycles. The molecule has 0 radical (unpaired) electrons. The fraction of sp³-hybridized carbons (Fsp3) is 0.226. The summed E-state index contributed by atoms with van der Waals surface area (Å²) in [5.74, 6) is 2.65. The van der Waals surface area contributed by atoms with E-state index < -0.39 is 5.60 Å². The van der Waals surface area contributed by atoms with Gasteiger partial charge < -0.3 is 19.5 Å². The molecule has 0 fully saturated rings. The Balaban J connectivity index is 1.82. The van der Waals surface area contributed by atoms with E-state index in [1.807, 2.05) is 25.2 Å². The van der Waals surface area contributed by atoms with Gasteiger partial charge in [-0.25, -0.2) is 0 Å². The molecule has 0 amide bonds. The van der Waals surface area contributed by atoms with Gasteiger partial charge in [0, 0.05) is 46.3 Å². The molecule has 0 bridgehead atoms. The predicted octanol–water partition coefficient (Wildman–Crippen LogP) is 7.37. The van der Waals surface area contributed by atoms with Crippen LogP contribution in [0.4, 0.5) is 5.69 Å². The summed E-state index contributed by atoms with van der Waals surface area (Å²) in [7, 11) is 5.30. The van der Waals surface area contributed by atoms with Crippen LogP contribution in [0.5, 0.6) is 17.2 Å². The third-order valence-electron chi connectivity index (χ3n) is 6.85. The molecule has 4 aromatic rings. The third kappa shape index (κ3) is 3.79. The largest absolute Gasteiger partial charge is 0.497 e. The second-order valence-corrected chi connectivity index (χ2v) is 9.15. The molecule has 5 rings (SSSR count). The average molecular weight is 466 g/mol. The van der Waals surface area contributed by atoms with Gasteiger partial charge in [-0.15, -0.1) is 0 Å². The first-order valence-electron chi connectivity index (χ1n) is 12.0. The van der Waals surface area contributed by atoms with E-state index in [1.54, 1.807) is 14.2 Å². The molecule has 4 aromatic carbocycles. The van der Waals surface area contributed by atoms with Crippen molar-refractivity contribution in [2.75, 3.05) is 26.6 Å². The van der Waals surface area contributed by atoms with Crippen LogP contribution in [0.1, 0.15) is 42.0 Å². The highest BCUT2D eigenvalue weighted by molar-refractivity contribution is 5.99. The SMILES string of the molecule is CNc1ccc(C2(c3ccccc3)C=Cc3c(C(C)C)cc4c(OC)cc(OC)cc4c3O2)cc1. The lowest BCUT2D eigenvalue weighted by Gasteiger charge is -2.37. The fourth-order valence-corrected chi connectivity index (χ4v) is 4.94. The van der Waals surface area contributed by atoms with Crippen molar-refractivity contribution in [1.82, 2.24) is 0 Å². The van der Waals surface area contributed by atoms with E-state index in [0.717, 1.165) is 50.4 Å². The molecule has 35 heavy (non-hydrogen) atoms. The maximum absolute atomic E-state index is 7.15. The number of fused-ring (bicyclic) bond motifs is 3. The lowest BCUT2D eigenvalue weighted by atomic mass is 9.81. The van der Waals surface area contributed by atoms with Gasteiger partial charge in [0.15, 0.2) is 5.60 Å². The topological polar surface area (TPSA) is 39.7 Å². The summed E-state index contributed by atoms with van der Waals surface area (Å²) in [6.07, 6.45) is 4.41. The number of benzene rings is 4. The first-order chi connectivity index (χ1) is 17.0. The quantitative estimate of drug-likeness (QED) is 0.323. The van der Waals surface area contributed by atoms with Crippen LogP contribution in [-0.4, -0.2) is 21.3 Å². The van der Waals surface area contributed by atoms with Crippen molar-refractivity contribution in [2.45, 2.75) is 25.4 Å². The molecule has 4 nitrogen and oxygen atoms in total. The first kappa shape index (κ1) is 22.9. The summed E-state index contributed by atoms with van der Waals surface area (Å²) >= 11 is 0. The summed E-state index contributed by atoms with van der Waals surface area (Å²) in [6.45, 7) is 4.42. The zero-order valence-electron chi connectivity index (χ0n) is 20.9. The molecule has 1 unspecified atom stereocenters. The van der Waals surface area contributed by atoms with Gasteiger partial charge in [-0.2, -0.15) is 0 Å². The number of rotatable bonds is 6. The lowest BCUT2D eigenvalue weighted by Crippen LogP contribution is -2.34. The zero-order valence-corrected chi connectivity index (χ0v) is 20.9. The number of ether oxygens (including phenoxy) is 3. The minimum atomic E-state index is -0.778. The molecular formula is C31H31NO3. The monoisotopic (exact) mass is 465 g/mol. The van der Waals surface area contributed by atoms with E-state index in [2.05, 4.69) is 85.9 Å². The van der Waals surface area contributed by atoms with Gasteiger partial charge in [-0.05, 0) is 41.8 Å². The van der Waals surface area contributed by atoms with E-state index in [1.165, 1.54) is 5.56 Å². The minimum absolute atomic E-state index is 0.312. The van der Waals surface area contributed by atoms with E-state index >= 15 is 0 Å². The van der Waals surface area contributed by atoms with Crippen molar-refractivity contribution in [3.05, 3.63) is 101 Å². The average Bonchev–Trinajstić information content (AvgIpc) is 2.92. The van der Waals surface area contributed by atoms with Crippen LogP contribution in [0.15, 0.2) is 78.9 Å². The van der Waals surface area contributed by atoms with Crippen molar-refractivity contribution in [1.29, 1.82) is 0 Å². The summed E-state index contributed by atoms with van der Waals surface area (Å²) in [5.41, 5.74) is 4.72. The molecule has 1 aliphatic heterocycles. The predicted molar refractivity (Wildman–Crippen MR) is 144 cm³/mol. The Bertz CT molecular complexity index is 1390. The Kier molecular flexibility index (Phi) is 5.89. The highest BCUT2D eigenvalue weighted by Crippen LogP contribution is 2.49. The van der Waals surface area contributed by atoms with Crippen molar-refractivity contribution in [2.24, 2.45) is 0 Å². The van der Waals surface area contributed by atoms with Crippen LogP contribution in [0, 0.1) is 0 Å². The lowest BCUT2D eigenvalue weighted by molar-refractivity contribution is 0.163. The van der Waals surface area contributed by atoms with Gasteiger partial charge >= 0.3 is 0 Å².